The third kappa shape index (κ3) is 4.86. The minimum absolute atomic E-state index is 0.164. The van der Waals surface area contributed by atoms with Crippen molar-refractivity contribution in [2.45, 2.75) is 57.1 Å². The number of aliphatic hydroxyl groups excluding tert-OH is 1. The third-order valence-electron chi connectivity index (χ3n) is 6.61. The number of hydrogen-bond acceptors (Lipinski definition) is 5. The predicted octanol–water partition coefficient (Wildman–Crippen LogP) is 4.13. The quantitative estimate of drug-likeness (QED) is 0.674. The molecule has 0 amide bonds. The SMILES string of the molecule is Cc1ccc(C2CCCN2S(=O)(=O)c2ccc(OCC3CCOCC3)c(CO)c2)c(C)c1. The van der Waals surface area contributed by atoms with E-state index in [9.17, 15) is 13.5 Å². The molecule has 32 heavy (non-hydrogen) atoms. The van der Waals surface area contributed by atoms with Crippen LogP contribution >= 0.6 is 0 Å². The van der Waals surface area contributed by atoms with Gasteiger partial charge >= 0.3 is 0 Å². The first kappa shape index (κ1) is 23.2. The van der Waals surface area contributed by atoms with Crippen molar-refractivity contribution in [1.29, 1.82) is 0 Å². The smallest absolute Gasteiger partial charge is 0.243 e. The lowest BCUT2D eigenvalue weighted by atomic mass is 9.98. The molecule has 6 nitrogen and oxygen atoms in total. The molecule has 0 spiro atoms. The average molecular weight is 460 g/mol. The molecule has 2 aliphatic rings. The maximum absolute atomic E-state index is 13.6. The lowest BCUT2D eigenvalue weighted by molar-refractivity contribution is 0.0494. The summed E-state index contributed by atoms with van der Waals surface area (Å²) in [6.45, 7) is 6.35. The molecular weight excluding hydrogens is 426 g/mol. The molecule has 2 heterocycles. The van der Waals surface area contributed by atoms with Gasteiger partial charge in [0.25, 0.3) is 0 Å². The largest absolute Gasteiger partial charge is 0.493 e. The van der Waals surface area contributed by atoms with Gasteiger partial charge in [-0.25, -0.2) is 8.42 Å². The van der Waals surface area contributed by atoms with Crippen LogP contribution in [0.1, 0.15) is 54.0 Å². The van der Waals surface area contributed by atoms with E-state index in [1.165, 1.54) is 5.56 Å². The second-order valence-electron chi connectivity index (χ2n) is 8.93. The maximum Gasteiger partial charge on any atom is 0.243 e. The first-order valence-electron chi connectivity index (χ1n) is 11.4. The number of ether oxygens (including phenoxy) is 2. The lowest BCUT2D eigenvalue weighted by Gasteiger charge is -2.26. The zero-order valence-corrected chi connectivity index (χ0v) is 19.7. The number of hydrogen-bond donors (Lipinski definition) is 1. The molecule has 0 radical (unpaired) electrons. The van der Waals surface area contributed by atoms with Crippen LogP contribution in [0.3, 0.4) is 0 Å². The first-order valence-corrected chi connectivity index (χ1v) is 12.9. The van der Waals surface area contributed by atoms with Gasteiger partial charge in [0.1, 0.15) is 5.75 Å². The van der Waals surface area contributed by atoms with E-state index in [0.717, 1.165) is 50.0 Å². The summed E-state index contributed by atoms with van der Waals surface area (Å²) in [7, 11) is -3.70. The van der Waals surface area contributed by atoms with Crippen molar-refractivity contribution in [3.63, 3.8) is 0 Å². The van der Waals surface area contributed by atoms with Crippen molar-refractivity contribution in [1.82, 2.24) is 4.31 Å². The second-order valence-corrected chi connectivity index (χ2v) is 10.8. The van der Waals surface area contributed by atoms with Crippen molar-refractivity contribution in [2.75, 3.05) is 26.4 Å². The number of benzene rings is 2. The molecule has 1 N–H and O–H groups in total. The number of aryl methyl sites for hydroxylation is 2. The molecule has 0 aliphatic carbocycles. The van der Waals surface area contributed by atoms with Crippen LogP contribution in [0.25, 0.3) is 0 Å². The van der Waals surface area contributed by atoms with E-state index in [0.29, 0.717) is 30.4 Å². The molecule has 2 aromatic carbocycles. The average Bonchev–Trinajstić information content (AvgIpc) is 3.29. The van der Waals surface area contributed by atoms with Crippen LogP contribution in [-0.4, -0.2) is 44.2 Å². The highest BCUT2D eigenvalue weighted by molar-refractivity contribution is 7.89. The summed E-state index contributed by atoms with van der Waals surface area (Å²) in [4.78, 5) is 0.205. The molecule has 1 atom stereocenters. The van der Waals surface area contributed by atoms with Crippen LogP contribution in [0.2, 0.25) is 0 Å². The second kappa shape index (κ2) is 9.91. The Bertz CT molecular complexity index is 1050. The standard InChI is InChI=1S/C25H33NO5S/c1-18-5-7-23(19(2)14-18)24-4-3-11-26(24)32(28,29)22-6-8-25(21(15-22)16-27)31-17-20-9-12-30-13-10-20/h5-8,14-15,20,24,27H,3-4,9-13,16-17H2,1-2H3. The fourth-order valence-electron chi connectivity index (χ4n) is 4.77. The number of rotatable bonds is 7. The van der Waals surface area contributed by atoms with Crippen LogP contribution in [0.15, 0.2) is 41.3 Å². The summed E-state index contributed by atoms with van der Waals surface area (Å²) in [6, 6.07) is 10.9. The van der Waals surface area contributed by atoms with Crippen molar-refractivity contribution in [3.05, 3.63) is 58.7 Å². The summed E-state index contributed by atoms with van der Waals surface area (Å²) in [5.41, 5.74) is 3.85. The molecular formula is C25H33NO5S. The zero-order valence-electron chi connectivity index (χ0n) is 18.9. The van der Waals surface area contributed by atoms with Crippen LogP contribution in [0, 0.1) is 19.8 Å². The normalized spacial score (nSPS) is 20.5. The van der Waals surface area contributed by atoms with Gasteiger partial charge in [-0.3, -0.25) is 0 Å². The molecule has 2 fully saturated rings. The zero-order chi connectivity index (χ0) is 22.7. The third-order valence-corrected chi connectivity index (χ3v) is 8.52. The summed E-state index contributed by atoms with van der Waals surface area (Å²) >= 11 is 0. The summed E-state index contributed by atoms with van der Waals surface area (Å²) in [5.74, 6) is 0.965. The molecule has 174 valence electrons. The Morgan fingerprint density at radius 2 is 1.88 bits per heavy atom. The van der Waals surface area contributed by atoms with Gasteiger partial charge in [0.2, 0.25) is 10.0 Å². The molecule has 2 aliphatic heterocycles. The summed E-state index contributed by atoms with van der Waals surface area (Å²) in [5, 5.41) is 9.89. The van der Waals surface area contributed by atoms with Gasteiger partial charge in [0.15, 0.2) is 0 Å². The van der Waals surface area contributed by atoms with Gasteiger partial charge in [-0.15, -0.1) is 0 Å². The fraction of sp³-hybridized carbons (Fsp3) is 0.520. The molecule has 0 bridgehead atoms. The van der Waals surface area contributed by atoms with Gasteiger partial charge in [-0.2, -0.15) is 4.31 Å². The number of sulfonamides is 1. The highest BCUT2D eigenvalue weighted by atomic mass is 32.2. The Labute approximate surface area is 191 Å². The molecule has 0 saturated carbocycles. The van der Waals surface area contributed by atoms with E-state index in [4.69, 9.17) is 9.47 Å². The molecule has 4 rings (SSSR count). The minimum atomic E-state index is -3.70. The highest BCUT2D eigenvalue weighted by Gasteiger charge is 2.37. The van der Waals surface area contributed by atoms with Crippen molar-refractivity contribution < 1.29 is 23.0 Å². The van der Waals surface area contributed by atoms with E-state index < -0.39 is 10.0 Å². The van der Waals surface area contributed by atoms with Gasteiger partial charge in [-0.05, 0) is 74.8 Å². The first-order chi connectivity index (χ1) is 15.4. The summed E-state index contributed by atoms with van der Waals surface area (Å²) < 4.78 is 40.1. The Hall–Kier alpha value is -1.93. The van der Waals surface area contributed by atoms with Crippen LogP contribution in [0.4, 0.5) is 0 Å². The molecule has 2 saturated heterocycles. The molecule has 2 aromatic rings. The minimum Gasteiger partial charge on any atom is -0.493 e. The van der Waals surface area contributed by atoms with Crippen LogP contribution in [-0.2, 0) is 21.4 Å². The van der Waals surface area contributed by atoms with E-state index in [1.807, 2.05) is 19.9 Å². The van der Waals surface area contributed by atoms with Crippen molar-refractivity contribution in [2.24, 2.45) is 5.92 Å². The van der Waals surface area contributed by atoms with E-state index in [-0.39, 0.29) is 17.5 Å². The van der Waals surface area contributed by atoms with E-state index in [1.54, 1.807) is 22.5 Å². The number of aliphatic hydroxyl groups is 1. The van der Waals surface area contributed by atoms with E-state index in [2.05, 4.69) is 12.1 Å². The lowest BCUT2D eigenvalue weighted by Crippen LogP contribution is -2.31. The van der Waals surface area contributed by atoms with Gasteiger partial charge in [0.05, 0.1) is 24.2 Å². The van der Waals surface area contributed by atoms with Gasteiger partial charge in [0, 0.05) is 25.3 Å². The topological polar surface area (TPSA) is 76.1 Å². The maximum atomic E-state index is 13.6. The fourth-order valence-corrected chi connectivity index (χ4v) is 6.50. The predicted molar refractivity (Wildman–Crippen MR) is 123 cm³/mol. The Kier molecular flexibility index (Phi) is 7.20. The summed E-state index contributed by atoms with van der Waals surface area (Å²) in [6.07, 6.45) is 3.55. The Morgan fingerprint density at radius 1 is 1.09 bits per heavy atom. The van der Waals surface area contributed by atoms with Gasteiger partial charge in [-0.1, -0.05) is 23.8 Å². The van der Waals surface area contributed by atoms with Gasteiger partial charge < -0.3 is 14.6 Å². The van der Waals surface area contributed by atoms with Crippen molar-refractivity contribution in [3.8, 4) is 5.75 Å². The van der Waals surface area contributed by atoms with Crippen LogP contribution < -0.4 is 4.74 Å². The van der Waals surface area contributed by atoms with E-state index >= 15 is 0 Å². The molecule has 1 unspecified atom stereocenters. The number of nitrogens with zero attached hydrogens (tertiary/aromatic N) is 1. The van der Waals surface area contributed by atoms with Crippen LogP contribution in [0.5, 0.6) is 5.75 Å². The molecule has 7 heteroatoms. The highest BCUT2D eigenvalue weighted by Crippen LogP contribution is 2.38. The van der Waals surface area contributed by atoms with Crippen molar-refractivity contribution >= 4 is 10.0 Å². The molecule has 0 aromatic heterocycles. The monoisotopic (exact) mass is 459 g/mol. The Morgan fingerprint density at radius 3 is 2.59 bits per heavy atom. The Balaban J connectivity index is 1.56.